The van der Waals surface area contributed by atoms with Gasteiger partial charge in [0.1, 0.15) is 6.10 Å². The van der Waals surface area contributed by atoms with E-state index in [4.69, 9.17) is 9.47 Å². The van der Waals surface area contributed by atoms with Crippen LogP contribution in [0.1, 0.15) is 45.9 Å². The minimum absolute atomic E-state index is 0.375. The van der Waals surface area contributed by atoms with Gasteiger partial charge in [-0.2, -0.15) is 5.10 Å². The van der Waals surface area contributed by atoms with Crippen molar-refractivity contribution < 1.29 is 14.6 Å². The van der Waals surface area contributed by atoms with Crippen LogP contribution >= 0.6 is 0 Å². The van der Waals surface area contributed by atoms with Crippen LogP contribution in [0.5, 0.6) is 0 Å². The summed E-state index contributed by atoms with van der Waals surface area (Å²) in [6.45, 7) is 9.05. The fourth-order valence-electron chi connectivity index (χ4n) is 1.83. The van der Waals surface area contributed by atoms with Crippen molar-refractivity contribution in [1.82, 2.24) is 9.78 Å². The number of aromatic nitrogens is 2. The van der Waals surface area contributed by atoms with Crippen molar-refractivity contribution >= 4 is 0 Å². The molecule has 0 bridgehead atoms. The summed E-state index contributed by atoms with van der Waals surface area (Å²) in [7, 11) is 0. The predicted octanol–water partition coefficient (Wildman–Crippen LogP) is 2.16. The van der Waals surface area contributed by atoms with E-state index in [2.05, 4.69) is 18.9 Å². The van der Waals surface area contributed by atoms with E-state index in [1.54, 1.807) is 0 Å². The molecule has 1 heterocycles. The SMILES string of the molecule is CCOC(OCC)C(O)Cc1ccn(C(C)CC)n1. The molecule has 1 rings (SSSR count). The van der Waals surface area contributed by atoms with E-state index >= 15 is 0 Å². The third-order valence-corrected chi connectivity index (χ3v) is 3.10. The van der Waals surface area contributed by atoms with Gasteiger partial charge in [-0.1, -0.05) is 6.92 Å². The maximum atomic E-state index is 10.1. The summed E-state index contributed by atoms with van der Waals surface area (Å²) in [5.74, 6) is 0. The Morgan fingerprint density at radius 1 is 1.26 bits per heavy atom. The van der Waals surface area contributed by atoms with Crippen LogP contribution in [0, 0.1) is 0 Å². The van der Waals surface area contributed by atoms with E-state index in [1.807, 2.05) is 30.8 Å². The molecule has 0 radical (unpaired) electrons. The van der Waals surface area contributed by atoms with Gasteiger partial charge in [0.2, 0.25) is 0 Å². The number of nitrogens with zero attached hydrogens (tertiary/aromatic N) is 2. The van der Waals surface area contributed by atoms with Crippen LogP contribution in [-0.2, 0) is 15.9 Å². The molecule has 1 N–H and O–H groups in total. The molecule has 0 aromatic carbocycles. The highest BCUT2D eigenvalue weighted by atomic mass is 16.7. The van der Waals surface area contributed by atoms with Crippen LogP contribution in [0.4, 0.5) is 0 Å². The zero-order valence-corrected chi connectivity index (χ0v) is 12.4. The van der Waals surface area contributed by atoms with Crippen LogP contribution in [0.25, 0.3) is 0 Å². The highest BCUT2D eigenvalue weighted by Crippen LogP contribution is 2.12. The summed E-state index contributed by atoms with van der Waals surface area (Å²) in [6, 6.07) is 2.31. The van der Waals surface area contributed by atoms with Crippen molar-refractivity contribution in [2.75, 3.05) is 13.2 Å². The maximum Gasteiger partial charge on any atom is 0.183 e. The summed E-state index contributed by atoms with van der Waals surface area (Å²) in [5, 5.41) is 14.6. The maximum absolute atomic E-state index is 10.1. The average molecular weight is 270 g/mol. The van der Waals surface area contributed by atoms with E-state index in [0.717, 1.165) is 12.1 Å². The van der Waals surface area contributed by atoms with Crippen LogP contribution in [0.2, 0.25) is 0 Å². The molecule has 0 aliphatic rings. The number of hydrogen-bond donors (Lipinski definition) is 1. The van der Waals surface area contributed by atoms with Gasteiger partial charge in [-0.05, 0) is 33.3 Å². The first-order chi connectivity index (χ1) is 9.12. The third-order valence-electron chi connectivity index (χ3n) is 3.10. The molecule has 5 nitrogen and oxygen atoms in total. The Labute approximate surface area is 115 Å². The summed E-state index contributed by atoms with van der Waals surface area (Å²) in [4.78, 5) is 0. The van der Waals surface area contributed by atoms with E-state index in [0.29, 0.717) is 25.7 Å². The molecule has 0 aliphatic carbocycles. The van der Waals surface area contributed by atoms with E-state index in [-0.39, 0.29) is 0 Å². The van der Waals surface area contributed by atoms with Crippen molar-refractivity contribution in [3.8, 4) is 0 Å². The first-order valence-corrected chi connectivity index (χ1v) is 7.07. The molecule has 19 heavy (non-hydrogen) atoms. The lowest BCUT2D eigenvalue weighted by atomic mass is 10.2. The first-order valence-electron chi connectivity index (χ1n) is 7.07. The van der Waals surface area contributed by atoms with Crippen molar-refractivity contribution in [2.24, 2.45) is 0 Å². The molecule has 0 aliphatic heterocycles. The van der Waals surface area contributed by atoms with Crippen molar-refractivity contribution in [3.05, 3.63) is 18.0 Å². The number of ether oxygens (including phenoxy) is 2. The summed E-state index contributed by atoms with van der Waals surface area (Å²) in [6.07, 6.45) is 2.15. The highest BCUT2D eigenvalue weighted by molar-refractivity contribution is 5.01. The Balaban J connectivity index is 2.59. The molecule has 5 heteroatoms. The Hall–Kier alpha value is -0.910. The molecule has 110 valence electrons. The summed E-state index contributed by atoms with van der Waals surface area (Å²) >= 11 is 0. The van der Waals surface area contributed by atoms with Crippen molar-refractivity contribution in [2.45, 2.75) is 59.0 Å². The van der Waals surface area contributed by atoms with Gasteiger partial charge in [0.05, 0.1) is 5.69 Å². The van der Waals surface area contributed by atoms with E-state index in [1.165, 1.54) is 0 Å². The molecule has 0 amide bonds. The molecule has 2 atom stereocenters. The van der Waals surface area contributed by atoms with Gasteiger partial charge in [0.25, 0.3) is 0 Å². The molecule has 0 saturated heterocycles. The second-order valence-electron chi connectivity index (χ2n) is 4.59. The molecular weight excluding hydrogens is 244 g/mol. The third kappa shape index (κ3) is 4.93. The number of aliphatic hydroxyl groups is 1. The lowest BCUT2D eigenvalue weighted by molar-refractivity contribution is -0.189. The van der Waals surface area contributed by atoms with Crippen LogP contribution < -0.4 is 0 Å². The monoisotopic (exact) mass is 270 g/mol. The number of rotatable bonds is 9. The van der Waals surface area contributed by atoms with Gasteiger partial charge < -0.3 is 14.6 Å². The van der Waals surface area contributed by atoms with Crippen molar-refractivity contribution in [3.63, 3.8) is 0 Å². The molecule has 2 unspecified atom stereocenters. The van der Waals surface area contributed by atoms with Gasteiger partial charge in [-0.25, -0.2) is 0 Å². The first kappa shape index (κ1) is 16.1. The Morgan fingerprint density at radius 3 is 2.42 bits per heavy atom. The van der Waals surface area contributed by atoms with Crippen LogP contribution in [0.3, 0.4) is 0 Å². The fourth-order valence-corrected chi connectivity index (χ4v) is 1.83. The van der Waals surface area contributed by atoms with Crippen LogP contribution in [-0.4, -0.2) is 40.5 Å². The fraction of sp³-hybridized carbons (Fsp3) is 0.786. The van der Waals surface area contributed by atoms with Gasteiger partial charge in [0.15, 0.2) is 6.29 Å². The molecular formula is C14H26N2O3. The Morgan fingerprint density at radius 2 is 1.89 bits per heavy atom. The Kier molecular flexibility index (Phi) is 7.05. The molecule has 1 aromatic heterocycles. The normalized spacial score (nSPS) is 14.8. The largest absolute Gasteiger partial charge is 0.387 e. The summed E-state index contributed by atoms with van der Waals surface area (Å²) in [5.41, 5.74) is 0.859. The van der Waals surface area contributed by atoms with Crippen LogP contribution in [0.15, 0.2) is 12.3 Å². The molecule has 0 saturated carbocycles. The molecule has 0 spiro atoms. The quantitative estimate of drug-likeness (QED) is 0.699. The number of aliphatic hydroxyl groups excluding tert-OH is 1. The predicted molar refractivity (Wildman–Crippen MR) is 74.0 cm³/mol. The minimum atomic E-state index is -0.694. The molecule has 1 aromatic rings. The standard InChI is InChI=1S/C14H26N2O3/c1-5-11(4)16-9-8-12(15-16)10-13(17)14(18-6-2)19-7-3/h8-9,11,13-14,17H,5-7,10H2,1-4H3. The number of hydrogen-bond acceptors (Lipinski definition) is 4. The zero-order valence-electron chi connectivity index (χ0n) is 12.4. The highest BCUT2D eigenvalue weighted by Gasteiger charge is 2.21. The van der Waals surface area contributed by atoms with E-state index in [9.17, 15) is 5.11 Å². The smallest absolute Gasteiger partial charge is 0.183 e. The van der Waals surface area contributed by atoms with Gasteiger partial charge in [-0.15, -0.1) is 0 Å². The topological polar surface area (TPSA) is 56.5 Å². The lowest BCUT2D eigenvalue weighted by Crippen LogP contribution is -2.33. The van der Waals surface area contributed by atoms with Gasteiger partial charge >= 0.3 is 0 Å². The average Bonchev–Trinajstić information content (AvgIpc) is 2.86. The van der Waals surface area contributed by atoms with Crippen molar-refractivity contribution in [1.29, 1.82) is 0 Å². The van der Waals surface area contributed by atoms with E-state index < -0.39 is 12.4 Å². The zero-order chi connectivity index (χ0) is 14.3. The second-order valence-corrected chi connectivity index (χ2v) is 4.59. The lowest BCUT2D eigenvalue weighted by Gasteiger charge is -2.21. The second kappa shape index (κ2) is 8.30. The van der Waals surface area contributed by atoms with Gasteiger partial charge in [0, 0.05) is 31.9 Å². The summed E-state index contributed by atoms with van der Waals surface area (Å²) < 4.78 is 12.7. The molecule has 0 fully saturated rings. The Bertz CT molecular complexity index is 348. The van der Waals surface area contributed by atoms with Gasteiger partial charge in [-0.3, -0.25) is 4.68 Å². The minimum Gasteiger partial charge on any atom is -0.387 e.